The van der Waals surface area contributed by atoms with Crippen LogP contribution in [-0.4, -0.2) is 27.2 Å². The van der Waals surface area contributed by atoms with Crippen LogP contribution in [0.25, 0.3) is 11.3 Å². The second-order valence-electron chi connectivity index (χ2n) is 5.28. The third-order valence-corrected chi connectivity index (χ3v) is 4.46. The zero-order valence-corrected chi connectivity index (χ0v) is 12.9. The first kappa shape index (κ1) is 14.1. The average molecular weight is 350 g/mol. The number of carbonyl (C=O) groups is 1. The maximum atomic E-state index is 10.8. The number of benzene rings is 1. The van der Waals surface area contributed by atoms with E-state index in [1.54, 1.807) is 0 Å². The number of carboxylic acid groups (broad SMARTS) is 1. The molecule has 1 aliphatic rings. The summed E-state index contributed by atoms with van der Waals surface area (Å²) in [7, 11) is 0. The van der Waals surface area contributed by atoms with Crippen LogP contribution in [0.1, 0.15) is 31.0 Å². The molecular formula is C15H16BrN3O2. The van der Waals surface area contributed by atoms with E-state index in [4.69, 9.17) is 5.11 Å². The molecule has 1 heterocycles. The molecule has 5 nitrogen and oxygen atoms in total. The van der Waals surface area contributed by atoms with E-state index in [-0.39, 0.29) is 12.0 Å². The number of halogens is 1. The predicted octanol–water partition coefficient (Wildman–Crippen LogP) is 3.74. The van der Waals surface area contributed by atoms with E-state index in [1.807, 2.05) is 30.5 Å². The normalized spacial score (nSPS) is 21.4. The molecule has 1 aromatic heterocycles. The van der Waals surface area contributed by atoms with Crippen molar-refractivity contribution in [1.29, 1.82) is 0 Å². The Bertz CT molecular complexity index is 639. The van der Waals surface area contributed by atoms with E-state index >= 15 is 0 Å². The lowest BCUT2D eigenvalue weighted by atomic mass is 10.0. The van der Waals surface area contributed by atoms with Crippen molar-refractivity contribution in [2.75, 3.05) is 0 Å². The molecule has 2 aromatic rings. The fraction of sp³-hybridized carbons (Fsp3) is 0.333. The van der Waals surface area contributed by atoms with Crippen LogP contribution in [0, 0.1) is 0 Å². The van der Waals surface area contributed by atoms with Gasteiger partial charge in [0.05, 0.1) is 11.9 Å². The molecule has 0 radical (unpaired) electrons. The molecule has 1 saturated carbocycles. The van der Waals surface area contributed by atoms with Crippen molar-refractivity contribution in [3.63, 3.8) is 0 Å². The summed E-state index contributed by atoms with van der Waals surface area (Å²) in [4.78, 5) is 18.6. The minimum absolute atomic E-state index is 0.0496. The van der Waals surface area contributed by atoms with Gasteiger partial charge in [-0.2, -0.15) is 0 Å². The Morgan fingerprint density at radius 3 is 2.81 bits per heavy atom. The minimum Gasteiger partial charge on any atom is -0.465 e. The third-order valence-electron chi connectivity index (χ3n) is 3.93. The summed E-state index contributed by atoms with van der Waals surface area (Å²) >= 11 is 3.42. The number of H-pyrrole nitrogens is 1. The molecule has 110 valence electrons. The molecule has 1 amide bonds. The van der Waals surface area contributed by atoms with Crippen LogP contribution in [0.15, 0.2) is 34.9 Å². The van der Waals surface area contributed by atoms with Gasteiger partial charge in [-0.15, -0.1) is 0 Å². The standard InChI is InChI=1S/C15H16BrN3O2/c16-10-6-4-9(5-7-10)13-8-17-14(18-13)11-2-1-3-12(11)19-15(20)21/h4-8,11-12,19H,1-3H2,(H,17,18)(H,20,21). The predicted molar refractivity (Wildman–Crippen MR) is 83.3 cm³/mol. The Kier molecular flexibility index (Phi) is 3.96. The minimum atomic E-state index is -0.966. The third kappa shape index (κ3) is 3.10. The first-order valence-electron chi connectivity index (χ1n) is 6.94. The van der Waals surface area contributed by atoms with Gasteiger partial charge in [-0.05, 0) is 30.5 Å². The van der Waals surface area contributed by atoms with E-state index in [9.17, 15) is 4.79 Å². The van der Waals surface area contributed by atoms with Crippen LogP contribution < -0.4 is 5.32 Å². The summed E-state index contributed by atoms with van der Waals surface area (Å²) in [6, 6.07) is 7.96. The zero-order valence-electron chi connectivity index (χ0n) is 11.3. The monoisotopic (exact) mass is 349 g/mol. The topological polar surface area (TPSA) is 78.0 Å². The van der Waals surface area contributed by atoms with Gasteiger partial charge in [0.15, 0.2) is 0 Å². The number of hydrogen-bond acceptors (Lipinski definition) is 2. The van der Waals surface area contributed by atoms with Crippen LogP contribution >= 0.6 is 15.9 Å². The Morgan fingerprint density at radius 1 is 1.33 bits per heavy atom. The molecule has 3 rings (SSSR count). The Balaban J connectivity index is 1.81. The van der Waals surface area contributed by atoms with Gasteiger partial charge < -0.3 is 15.4 Å². The van der Waals surface area contributed by atoms with E-state index < -0.39 is 6.09 Å². The largest absolute Gasteiger partial charge is 0.465 e. The summed E-state index contributed by atoms with van der Waals surface area (Å²) in [6.45, 7) is 0. The van der Waals surface area contributed by atoms with Gasteiger partial charge in [0.2, 0.25) is 0 Å². The van der Waals surface area contributed by atoms with Crippen molar-refractivity contribution >= 4 is 22.0 Å². The number of nitrogens with one attached hydrogen (secondary N) is 2. The van der Waals surface area contributed by atoms with Gasteiger partial charge >= 0.3 is 6.09 Å². The lowest BCUT2D eigenvalue weighted by molar-refractivity contribution is 0.188. The highest BCUT2D eigenvalue weighted by Gasteiger charge is 2.31. The second-order valence-corrected chi connectivity index (χ2v) is 6.20. The van der Waals surface area contributed by atoms with Gasteiger partial charge in [0, 0.05) is 16.4 Å². The van der Waals surface area contributed by atoms with E-state index in [2.05, 4.69) is 31.2 Å². The number of rotatable bonds is 3. The van der Waals surface area contributed by atoms with Crippen LogP contribution in [0.4, 0.5) is 4.79 Å². The molecule has 1 aliphatic carbocycles. The summed E-state index contributed by atoms with van der Waals surface area (Å²) in [5.41, 5.74) is 2.02. The zero-order chi connectivity index (χ0) is 14.8. The summed E-state index contributed by atoms with van der Waals surface area (Å²) in [6.07, 6.45) is 3.69. The Hall–Kier alpha value is -1.82. The number of amides is 1. The van der Waals surface area contributed by atoms with Crippen molar-refractivity contribution in [3.05, 3.63) is 40.8 Å². The number of aromatic amines is 1. The highest BCUT2D eigenvalue weighted by atomic mass is 79.9. The summed E-state index contributed by atoms with van der Waals surface area (Å²) in [5, 5.41) is 11.5. The molecule has 3 N–H and O–H groups in total. The maximum absolute atomic E-state index is 10.8. The fourth-order valence-corrected chi connectivity index (χ4v) is 3.18. The molecule has 1 aromatic carbocycles. The second kappa shape index (κ2) is 5.89. The van der Waals surface area contributed by atoms with E-state index in [0.717, 1.165) is 40.8 Å². The number of imidazole rings is 1. The highest BCUT2D eigenvalue weighted by molar-refractivity contribution is 9.10. The number of nitrogens with zero attached hydrogens (tertiary/aromatic N) is 1. The molecule has 0 saturated heterocycles. The quantitative estimate of drug-likeness (QED) is 0.789. The summed E-state index contributed by atoms with van der Waals surface area (Å²) in [5.74, 6) is 0.995. The summed E-state index contributed by atoms with van der Waals surface area (Å²) < 4.78 is 1.03. The first-order valence-corrected chi connectivity index (χ1v) is 7.73. The van der Waals surface area contributed by atoms with Gasteiger partial charge in [0.1, 0.15) is 5.82 Å². The number of hydrogen-bond donors (Lipinski definition) is 3. The molecule has 2 atom stereocenters. The Labute approximate surface area is 130 Å². The van der Waals surface area contributed by atoms with Gasteiger partial charge in [-0.25, -0.2) is 9.78 Å². The van der Waals surface area contributed by atoms with Crippen LogP contribution in [0.2, 0.25) is 0 Å². The lowest BCUT2D eigenvalue weighted by Crippen LogP contribution is -2.35. The van der Waals surface area contributed by atoms with Gasteiger partial charge in [-0.3, -0.25) is 0 Å². The average Bonchev–Trinajstić information content (AvgIpc) is 3.07. The van der Waals surface area contributed by atoms with Crippen LogP contribution in [0.3, 0.4) is 0 Å². The van der Waals surface area contributed by atoms with Crippen molar-refractivity contribution in [1.82, 2.24) is 15.3 Å². The van der Waals surface area contributed by atoms with E-state index in [1.165, 1.54) is 0 Å². The smallest absolute Gasteiger partial charge is 0.404 e. The molecule has 1 fully saturated rings. The molecule has 0 bridgehead atoms. The van der Waals surface area contributed by atoms with Crippen molar-refractivity contribution in [2.45, 2.75) is 31.2 Å². The fourth-order valence-electron chi connectivity index (χ4n) is 2.92. The first-order chi connectivity index (χ1) is 10.1. The molecule has 0 aliphatic heterocycles. The molecule has 0 spiro atoms. The maximum Gasteiger partial charge on any atom is 0.404 e. The van der Waals surface area contributed by atoms with Crippen LogP contribution in [-0.2, 0) is 0 Å². The highest BCUT2D eigenvalue weighted by Crippen LogP contribution is 2.34. The van der Waals surface area contributed by atoms with Crippen molar-refractivity contribution < 1.29 is 9.90 Å². The van der Waals surface area contributed by atoms with Crippen molar-refractivity contribution in [3.8, 4) is 11.3 Å². The van der Waals surface area contributed by atoms with Crippen LogP contribution in [0.5, 0.6) is 0 Å². The lowest BCUT2D eigenvalue weighted by Gasteiger charge is -2.17. The van der Waals surface area contributed by atoms with Gasteiger partial charge in [-0.1, -0.05) is 34.5 Å². The molecular weight excluding hydrogens is 334 g/mol. The molecule has 21 heavy (non-hydrogen) atoms. The van der Waals surface area contributed by atoms with E-state index in [0.29, 0.717) is 0 Å². The molecule has 6 heteroatoms. The molecule has 2 unspecified atom stereocenters. The number of aromatic nitrogens is 2. The Morgan fingerprint density at radius 2 is 2.10 bits per heavy atom. The SMILES string of the molecule is O=C(O)NC1CCCC1c1ncc(-c2ccc(Br)cc2)[nH]1. The van der Waals surface area contributed by atoms with Gasteiger partial charge in [0.25, 0.3) is 0 Å². The van der Waals surface area contributed by atoms with Crippen molar-refractivity contribution in [2.24, 2.45) is 0 Å².